The van der Waals surface area contributed by atoms with Gasteiger partial charge >= 0.3 is 0 Å². The fraction of sp³-hybridized carbons (Fsp3) is 0.692. The van der Waals surface area contributed by atoms with Crippen molar-refractivity contribution in [2.45, 2.75) is 46.1 Å². The molecule has 0 radical (unpaired) electrons. The Morgan fingerprint density at radius 2 is 2.00 bits per heavy atom. The topological polar surface area (TPSA) is 35.6 Å². The fourth-order valence-electron chi connectivity index (χ4n) is 2.36. The van der Waals surface area contributed by atoms with E-state index in [0.717, 1.165) is 35.5 Å². The Morgan fingerprint density at radius 1 is 1.33 bits per heavy atom. The maximum atomic E-state index is 5.90. The minimum atomic E-state index is 0.0242. The molecule has 0 unspecified atom stereocenters. The van der Waals surface area contributed by atoms with Crippen LogP contribution in [0, 0.1) is 6.92 Å². The molecule has 5 heteroatoms. The van der Waals surface area contributed by atoms with E-state index in [4.69, 9.17) is 16.6 Å². The third kappa shape index (κ3) is 1.92. The third-order valence-corrected chi connectivity index (χ3v) is 3.85. The van der Waals surface area contributed by atoms with E-state index < -0.39 is 0 Å². The third-order valence-electron chi connectivity index (χ3n) is 3.66. The van der Waals surface area contributed by atoms with Crippen LogP contribution in [0.4, 0.5) is 0 Å². The number of fused-ring (bicyclic) bond motifs is 1. The van der Waals surface area contributed by atoms with Gasteiger partial charge in [0.2, 0.25) is 0 Å². The molecule has 0 spiro atoms. The Balaban J connectivity index is 2.76. The molecule has 4 nitrogen and oxygen atoms in total. The Labute approximate surface area is 113 Å². The molecule has 2 aromatic heterocycles. The molecule has 0 fully saturated rings. The van der Waals surface area contributed by atoms with Crippen molar-refractivity contribution in [3.8, 4) is 0 Å². The molecule has 0 aliphatic heterocycles. The van der Waals surface area contributed by atoms with Crippen LogP contribution in [0.2, 0.25) is 0 Å². The molecule has 0 aliphatic rings. The minimum Gasteiger partial charge on any atom is -0.307 e. The first kappa shape index (κ1) is 13.4. The summed E-state index contributed by atoms with van der Waals surface area (Å²) in [7, 11) is 1.98. The highest BCUT2D eigenvalue weighted by Crippen LogP contribution is 2.29. The molecule has 18 heavy (non-hydrogen) atoms. The van der Waals surface area contributed by atoms with E-state index in [-0.39, 0.29) is 5.54 Å². The Kier molecular flexibility index (Phi) is 3.41. The number of rotatable bonds is 4. The molecule has 0 saturated heterocycles. The summed E-state index contributed by atoms with van der Waals surface area (Å²) in [5.41, 5.74) is 3.10. The maximum Gasteiger partial charge on any atom is 0.159 e. The Bertz CT molecular complexity index is 565. The second-order valence-corrected chi connectivity index (χ2v) is 5.73. The fourth-order valence-corrected chi connectivity index (χ4v) is 2.53. The highest BCUT2D eigenvalue weighted by Gasteiger charge is 2.27. The molecule has 0 aromatic carbocycles. The normalized spacial score (nSPS) is 12.6. The molecular weight excluding hydrogens is 248 g/mol. The van der Waals surface area contributed by atoms with Crippen LogP contribution in [-0.2, 0) is 19.0 Å². The number of alkyl halides is 1. The van der Waals surface area contributed by atoms with Gasteiger partial charge < -0.3 is 4.57 Å². The van der Waals surface area contributed by atoms with E-state index in [2.05, 4.69) is 30.4 Å². The summed E-state index contributed by atoms with van der Waals surface area (Å²) in [6.45, 7) is 8.66. The van der Waals surface area contributed by atoms with E-state index in [1.54, 1.807) is 0 Å². The van der Waals surface area contributed by atoms with E-state index in [1.807, 2.05) is 18.7 Å². The number of halogens is 1. The minimum absolute atomic E-state index is 0.0242. The summed E-state index contributed by atoms with van der Waals surface area (Å²) in [6.07, 6.45) is 1.83. The molecule has 0 N–H and O–H groups in total. The average Bonchev–Trinajstić information content (AvgIpc) is 2.80. The van der Waals surface area contributed by atoms with Crippen molar-refractivity contribution in [2.24, 2.45) is 7.05 Å². The lowest BCUT2D eigenvalue weighted by Crippen LogP contribution is -2.28. The molecule has 0 saturated carbocycles. The zero-order valence-electron chi connectivity index (χ0n) is 11.8. The lowest BCUT2D eigenvalue weighted by atomic mass is 10.0. The summed E-state index contributed by atoms with van der Waals surface area (Å²) < 4.78 is 4.22. The van der Waals surface area contributed by atoms with Gasteiger partial charge in [-0.15, -0.1) is 11.6 Å². The molecule has 0 aliphatic carbocycles. The van der Waals surface area contributed by atoms with Crippen molar-refractivity contribution in [1.29, 1.82) is 0 Å². The van der Waals surface area contributed by atoms with Crippen LogP contribution in [-0.4, -0.2) is 25.2 Å². The summed E-state index contributed by atoms with van der Waals surface area (Å²) in [4.78, 5) is 4.73. The maximum absolute atomic E-state index is 5.90. The highest BCUT2D eigenvalue weighted by molar-refractivity contribution is 6.17. The summed E-state index contributed by atoms with van der Waals surface area (Å²) in [6, 6.07) is 0. The summed E-state index contributed by atoms with van der Waals surface area (Å²) >= 11 is 5.90. The zero-order valence-corrected chi connectivity index (χ0v) is 12.5. The van der Waals surface area contributed by atoms with E-state index in [0.29, 0.717) is 5.88 Å². The van der Waals surface area contributed by atoms with Gasteiger partial charge in [0, 0.05) is 24.9 Å². The second kappa shape index (κ2) is 4.57. The van der Waals surface area contributed by atoms with Crippen molar-refractivity contribution in [1.82, 2.24) is 19.3 Å². The van der Waals surface area contributed by atoms with Crippen LogP contribution in [0.25, 0.3) is 11.2 Å². The van der Waals surface area contributed by atoms with E-state index in [1.165, 1.54) is 0 Å². The smallest absolute Gasteiger partial charge is 0.159 e. The number of imidazole rings is 1. The SMILES string of the molecule is CCC(C)(C)n1c(CCCl)nc2c(C)nn(C)c21. The molecule has 100 valence electrons. The highest BCUT2D eigenvalue weighted by atomic mass is 35.5. The first-order valence-corrected chi connectivity index (χ1v) is 6.93. The number of aromatic nitrogens is 4. The molecule has 0 atom stereocenters. The van der Waals surface area contributed by atoms with Crippen molar-refractivity contribution in [3.05, 3.63) is 11.5 Å². The molecule has 2 rings (SSSR count). The van der Waals surface area contributed by atoms with E-state index >= 15 is 0 Å². The van der Waals surface area contributed by atoms with Gasteiger partial charge in [-0.05, 0) is 27.2 Å². The zero-order chi connectivity index (χ0) is 13.5. The first-order valence-electron chi connectivity index (χ1n) is 6.39. The van der Waals surface area contributed by atoms with Crippen molar-refractivity contribution in [3.63, 3.8) is 0 Å². The molecule has 0 bridgehead atoms. The predicted molar refractivity (Wildman–Crippen MR) is 75.3 cm³/mol. The lowest BCUT2D eigenvalue weighted by Gasteiger charge is -2.27. The van der Waals surface area contributed by atoms with E-state index in [9.17, 15) is 0 Å². The van der Waals surface area contributed by atoms with Gasteiger partial charge in [-0.25, -0.2) is 4.98 Å². The summed E-state index contributed by atoms with van der Waals surface area (Å²) in [5, 5.41) is 4.46. The Hall–Kier alpha value is -1.03. The standard InChI is InChI=1S/C13H21ClN4/c1-6-13(3,4)18-10(7-8-14)15-11-9(2)16-17(5)12(11)18/h6-8H2,1-5H3. The van der Waals surface area contributed by atoms with Crippen LogP contribution in [0.15, 0.2) is 0 Å². The number of hydrogen-bond donors (Lipinski definition) is 0. The van der Waals surface area contributed by atoms with Crippen LogP contribution in [0.5, 0.6) is 0 Å². The molecule has 2 heterocycles. The number of nitrogens with zero attached hydrogens (tertiary/aromatic N) is 4. The van der Waals surface area contributed by atoms with Crippen LogP contribution in [0.3, 0.4) is 0 Å². The quantitative estimate of drug-likeness (QED) is 0.799. The second-order valence-electron chi connectivity index (χ2n) is 5.35. The number of hydrogen-bond acceptors (Lipinski definition) is 2. The molecular formula is C13H21ClN4. The van der Waals surface area contributed by atoms with Gasteiger partial charge in [-0.2, -0.15) is 5.10 Å². The monoisotopic (exact) mass is 268 g/mol. The van der Waals surface area contributed by atoms with Crippen molar-refractivity contribution in [2.75, 3.05) is 5.88 Å². The van der Waals surface area contributed by atoms with Gasteiger partial charge in [-0.3, -0.25) is 4.68 Å². The van der Waals surface area contributed by atoms with Crippen molar-refractivity contribution >= 4 is 22.8 Å². The Morgan fingerprint density at radius 3 is 2.56 bits per heavy atom. The first-order chi connectivity index (χ1) is 8.42. The van der Waals surface area contributed by atoms with Crippen molar-refractivity contribution < 1.29 is 0 Å². The molecule has 0 amide bonds. The largest absolute Gasteiger partial charge is 0.307 e. The van der Waals surface area contributed by atoms with Gasteiger partial charge in [-0.1, -0.05) is 6.92 Å². The van der Waals surface area contributed by atoms with Gasteiger partial charge in [0.15, 0.2) is 5.65 Å². The van der Waals surface area contributed by atoms with Gasteiger partial charge in [0.05, 0.1) is 5.69 Å². The number of aryl methyl sites for hydroxylation is 3. The predicted octanol–water partition coefficient (Wildman–Crippen LogP) is 3.00. The average molecular weight is 269 g/mol. The molecule has 2 aromatic rings. The van der Waals surface area contributed by atoms with Gasteiger partial charge in [0.1, 0.15) is 11.3 Å². The van der Waals surface area contributed by atoms with Gasteiger partial charge in [0.25, 0.3) is 0 Å². The summed E-state index contributed by atoms with van der Waals surface area (Å²) in [5.74, 6) is 1.65. The van der Waals surface area contributed by atoms with Crippen LogP contribution < -0.4 is 0 Å². The lowest BCUT2D eigenvalue weighted by molar-refractivity contribution is 0.337. The van der Waals surface area contributed by atoms with Crippen LogP contribution >= 0.6 is 11.6 Å². The van der Waals surface area contributed by atoms with Crippen LogP contribution in [0.1, 0.15) is 38.7 Å².